The molecule has 0 saturated heterocycles. The van der Waals surface area contributed by atoms with Crippen molar-refractivity contribution in [1.82, 2.24) is 15.5 Å². The third-order valence-corrected chi connectivity index (χ3v) is 3.11. The Bertz CT molecular complexity index is 236. The molecule has 0 aromatic carbocycles. The molecule has 2 N–H and O–H groups in total. The van der Waals surface area contributed by atoms with Gasteiger partial charge in [-0.1, -0.05) is 6.92 Å². The van der Waals surface area contributed by atoms with Crippen LogP contribution >= 0.6 is 11.8 Å². The van der Waals surface area contributed by atoms with Gasteiger partial charge in [-0.2, -0.15) is 16.9 Å². The van der Waals surface area contributed by atoms with Gasteiger partial charge in [0.25, 0.3) is 0 Å². The summed E-state index contributed by atoms with van der Waals surface area (Å²) in [5.74, 6) is 1.93. The molecule has 0 fully saturated rings. The first-order valence-electron chi connectivity index (χ1n) is 4.95. The van der Waals surface area contributed by atoms with E-state index in [1.54, 1.807) is 6.20 Å². The van der Waals surface area contributed by atoms with Gasteiger partial charge in [-0.25, -0.2) is 0 Å². The van der Waals surface area contributed by atoms with Gasteiger partial charge in [0.05, 0.1) is 5.69 Å². The molecule has 2 atom stereocenters. The van der Waals surface area contributed by atoms with Crippen LogP contribution in [0, 0.1) is 5.92 Å². The van der Waals surface area contributed by atoms with Gasteiger partial charge in [-0.3, -0.25) is 5.10 Å². The lowest BCUT2D eigenvalue weighted by molar-refractivity contribution is 0.493. The quantitative estimate of drug-likeness (QED) is 0.760. The first-order chi connectivity index (χ1) is 6.74. The van der Waals surface area contributed by atoms with Crippen molar-refractivity contribution in [2.45, 2.75) is 19.9 Å². The first kappa shape index (κ1) is 11.6. The van der Waals surface area contributed by atoms with Crippen LogP contribution in [0.2, 0.25) is 0 Å². The van der Waals surface area contributed by atoms with Crippen LogP contribution in [0.5, 0.6) is 0 Å². The lowest BCUT2D eigenvalue weighted by Crippen LogP contribution is -2.25. The van der Waals surface area contributed by atoms with Crippen LogP contribution in [0.4, 0.5) is 0 Å². The van der Waals surface area contributed by atoms with Gasteiger partial charge in [-0.05, 0) is 37.5 Å². The van der Waals surface area contributed by atoms with Crippen LogP contribution in [-0.2, 0) is 0 Å². The zero-order valence-corrected chi connectivity index (χ0v) is 9.90. The molecule has 1 aromatic heterocycles. The Morgan fingerprint density at radius 1 is 1.57 bits per heavy atom. The SMILES string of the molecule is CSCC(C)CNC(C)c1ccn[nH]1. The summed E-state index contributed by atoms with van der Waals surface area (Å²) in [5, 5.41) is 10.4. The molecule has 0 aliphatic carbocycles. The van der Waals surface area contributed by atoms with Crippen molar-refractivity contribution in [2.24, 2.45) is 5.92 Å². The van der Waals surface area contributed by atoms with Gasteiger partial charge in [0, 0.05) is 12.2 Å². The molecule has 0 amide bonds. The van der Waals surface area contributed by atoms with Crippen LogP contribution in [0.1, 0.15) is 25.6 Å². The van der Waals surface area contributed by atoms with E-state index in [1.807, 2.05) is 17.8 Å². The van der Waals surface area contributed by atoms with Gasteiger partial charge in [0.2, 0.25) is 0 Å². The highest BCUT2D eigenvalue weighted by Crippen LogP contribution is 2.09. The van der Waals surface area contributed by atoms with Crippen LogP contribution in [-0.4, -0.2) is 28.8 Å². The standard InChI is InChI=1S/C10H19N3S/c1-8(7-14-3)6-11-9(2)10-4-5-12-13-10/h4-5,8-9,11H,6-7H2,1-3H3,(H,12,13). The monoisotopic (exact) mass is 213 g/mol. The summed E-state index contributed by atoms with van der Waals surface area (Å²) in [6, 6.07) is 2.37. The Labute approximate surface area is 90.1 Å². The predicted molar refractivity (Wildman–Crippen MR) is 62.6 cm³/mol. The number of aromatic nitrogens is 2. The minimum Gasteiger partial charge on any atom is -0.309 e. The molecule has 0 spiro atoms. The number of rotatable bonds is 6. The van der Waals surface area contributed by atoms with Crippen molar-refractivity contribution >= 4 is 11.8 Å². The largest absolute Gasteiger partial charge is 0.309 e. The summed E-state index contributed by atoms with van der Waals surface area (Å²) >= 11 is 1.90. The molecule has 0 aliphatic rings. The second-order valence-electron chi connectivity index (χ2n) is 3.70. The lowest BCUT2D eigenvalue weighted by atomic mass is 10.2. The van der Waals surface area contributed by atoms with Gasteiger partial charge < -0.3 is 5.32 Å². The number of thioether (sulfide) groups is 1. The normalized spacial score (nSPS) is 15.4. The molecule has 1 rings (SSSR count). The van der Waals surface area contributed by atoms with Crippen LogP contribution in [0.3, 0.4) is 0 Å². The van der Waals surface area contributed by atoms with E-state index in [9.17, 15) is 0 Å². The Hall–Kier alpha value is -0.480. The van der Waals surface area contributed by atoms with Crippen LogP contribution in [0.15, 0.2) is 12.3 Å². The van der Waals surface area contributed by atoms with E-state index in [4.69, 9.17) is 0 Å². The third kappa shape index (κ3) is 3.72. The number of hydrogen-bond donors (Lipinski definition) is 2. The Morgan fingerprint density at radius 2 is 2.36 bits per heavy atom. The van der Waals surface area contributed by atoms with Crippen LogP contribution in [0.25, 0.3) is 0 Å². The van der Waals surface area contributed by atoms with E-state index in [2.05, 4.69) is 35.6 Å². The van der Waals surface area contributed by atoms with E-state index in [1.165, 1.54) is 5.75 Å². The minimum absolute atomic E-state index is 0.363. The van der Waals surface area contributed by atoms with Crippen molar-refractivity contribution in [3.63, 3.8) is 0 Å². The fourth-order valence-electron chi connectivity index (χ4n) is 1.34. The van der Waals surface area contributed by atoms with E-state index in [0.717, 1.165) is 18.2 Å². The van der Waals surface area contributed by atoms with Crippen molar-refractivity contribution in [3.05, 3.63) is 18.0 Å². The number of nitrogens with one attached hydrogen (secondary N) is 2. The van der Waals surface area contributed by atoms with Crippen molar-refractivity contribution in [3.8, 4) is 0 Å². The Morgan fingerprint density at radius 3 is 2.93 bits per heavy atom. The van der Waals surface area contributed by atoms with Crippen molar-refractivity contribution in [2.75, 3.05) is 18.6 Å². The predicted octanol–water partition coefficient (Wildman–Crippen LogP) is 2.06. The molecule has 0 saturated carbocycles. The summed E-state index contributed by atoms with van der Waals surface area (Å²) in [6.45, 7) is 5.48. The van der Waals surface area contributed by atoms with E-state index in [-0.39, 0.29) is 0 Å². The number of aromatic amines is 1. The highest BCUT2D eigenvalue weighted by molar-refractivity contribution is 7.98. The fraction of sp³-hybridized carbons (Fsp3) is 0.700. The van der Waals surface area contributed by atoms with Gasteiger partial charge in [0.1, 0.15) is 0 Å². The van der Waals surface area contributed by atoms with Gasteiger partial charge >= 0.3 is 0 Å². The smallest absolute Gasteiger partial charge is 0.0518 e. The van der Waals surface area contributed by atoms with E-state index in [0.29, 0.717) is 6.04 Å². The van der Waals surface area contributed by atoms with Crippen molar-refractivity contribution < 1.29 is 0 Å². The fourth-order valence-corrected chi connectivity index (χ4v) is 2.03. The molecule has 0 radical (unpaired) electrons. The summed E-state index contributed by atoms with van der Waals surface area (Å²) in [5.41, 5.74) is 1.15. The minimum atomic E-state index is 0.363. The molecule has 14 heavy (non-hydrogen) atoms. The third-order valence-electron chi connectivity index (χ3n) is 2.21. The molecule has 1 heterocycles. The maximum atomic E-state index is 3.94. The lowest BCUT2D eigenvalue weighted by Gasteiger charge is -2.15. The summed E-state index contributed by atoms with van der Waals surface area (Å²) in [4.78, 5) is 0. The Balaban J connectivity index is 2.24. The molecule has 2 unspecified atom stereocenters. The maximum absolute atomic E-state index is 3.94. The maximum Gasteiger partial charge on any atom is 0.0518 e. The zero-order chi connectivity index (χ0) is 10.4. The molecule has 0 aliphatic heterocycles. The topological polar surface area (TPSA) is 40.7 Å². The van der Waals surface area contributed by atoms with Crippen LogP contribution < -0.4 is 5.32 Å². The van der Waals surface area contributed by atoms with Gasteiger partial charge in [0.15, 0.2) is 0 Å². The summed E-state index contributed by atoms with van der Waals surface area (Å²) < 4.78 is 0. The molecular formula is C10H19N3S. The molecule has 4 heteroatoms. The first-order valence-corrected chi connectivity index (χ1v) is 6.35. The van der Waals surface area contributed by atoms with Crippen molar-refractivity contribution in [1.29, 1.82) is 0 Å². The molecular weight excluding hydrogens is 194 g/mol. The number of H-pyrrole nitrogens is 1. The van der Waals surface area contributed by atoms with E-state index >= 15 is 0 Å². The number of nitrogens with zero attached hydrogens (tertiary/aromatic N) is 1. The summed E-state index contributed by atoms with van der Waals surface area (Å²) in [7, 11) is 0. The molecule has 80 valence electrons. The highest BCUT2D eigenvalue weighted by atomic mass is 32.2. The second-order valence-corrected chi connectivity index (χ2v) is 4.61. The average molecular weight is 213 g/mol. The van der Waals surface area contributed by atoms with E-state index < -0.39 is 0 Å². The average Bonchev–Trinajstić information content (AvgIpc) is 2.67. The zero-order valence-electron chi connectivity index (χ0n) is 9.08. The number of hydrogen-bond acceptors (Lipinski definition) is 3. The molecule has 0 bridgehead atoms. The molecule has 3 nitrogen and oxygen atoms in total. The second kappa shape index (κ2) is 6.09. The highest BCUT2D eigenvalue weighted by Gasteiger charge is 2.07. The van der Waals surface area contributed by atoms with Gasteiger partial charge in [-0.15, -0.1) is 0 Å². The summed E-state index contributed by atoms with van der Waals surface area (Å²) in [6.07, 6.45) is 3.94. The Kier molecular flexibility index (Phi) is 5.04. The molecule has 1 aromatic rings.